The molecule has 7 heteroatoms. The molecule has 0 spiro atoms. The molecule has 0 heterocycles. The van der Waals surface area contributed by atoms with Crippen molar-refractivity contribution in [2.24, 2.45) is 5.73 Å². The quantitative estimate of drug-likeness (QED) is 0.546. The number of amides is 2. The lowest BCUT2D eigenvalue weighted by Crippen LogP contribution is -2.55. The fourth-order valence-corrected chi connectivity index (χ4v) is 2.85. The first-order valence-electron chi connectivity index (χ1n) is 9.42. The van der Waals surface area contributed by atoms with Gasteiger partial charge in [-0.15, -0.1) is 0 Å². The largest absolute Gasteiger partial charge is 0.467 e. The average Bonchev–Trinajstić information content (AvgIpc) is 2.73. The van der Waals surface area contributed by atoms with Gasteiger partial charge in [0.25, 0.3) is 0 Å². The lowest BCUT2D eigenvalue weighted by atomic mass is 10.0. The highest BCUT2D eigenvalue weighted by Crippen LogP contribution is 2.06. The van der Waals surface area contributed by atoms with E-state index in [2.05, 4.69) is 15.4 Å². The number of rotatable bonds is 9. The Kier molecular flexibility index (Phi) is 8.36. The number of carbonyl (C=O) groups excluding carboxylic acids is 3. The molecule has 0 aliphatic heterocycles. The summed E-state index contributed by atoms with van der Waals surface area (Å²) in [4.78, 5) is 37.0. The van der Waals surface area contributed by atoms with Crippen LogP contribution in [-0.2, 0) is 32.0 Å². The first-order valence-corrected chi connectivity index (χ1v) is 9.42. The molecule has 0 aliphatic carbocycles. The molecule has 0 aliphatic rings. The maximum absolute atomic E-state index is 12.7. The van der Waals surface area contributed by atoms with Crippen molar-refractivity contribution in [1.82, 2.24) is 10.6 Å². The van der Waals surface area contributed by atoms with Gasteiger partial charge in [0.2, 0.25) is 11.8 Å². The predicted octanol–water partition coefficient (Wildman–Crippen LogP) is 0.962. The summed E-state index contributed by atoms with van der Waals surface area (Å²) >= 11 is 0. The Morgan fingerprint density at radius 3 is 1.90 bits per heavy atom. The monoisotopic (exact) mass is 397 g/mol. The van der Waals surface area contributed by atoms with E-state index in [0.717, 1.165) is 11.1 Å². The lowest BCUT2D eigenvalue weighted by molar-refractivity contribution is -0.144. The van der Waals surface area contributed by atoms with Gasteiger partial charge in [0.1, 0.15) is 12.1 Å². The van der Waals surface area contributed by atoms with Gasteiger partial charge in [0.05, 0.1) is 13.2 Å². The molecule has 2 amide bonds. The third-order valence-corrected chi connectivity index (χ3v) is 4.46. The lowest BCUT2D eigenvalue weighted by Gasteiger charge is -2.22. The fraction of sp³-hybridized carbons (Fsp3) is 0.318. The van der Waals surface area contributed by atoms with Gasteiger partial charge in [0, 0.05) is 6.42 Å². The number of hydrogen-bond acceptors (Lipinski definition) is 5. The second kappa shape index (κ2) is 11.0. The van der Waals surface area contributed by atoms with E-state index in [4.69, 9.17) is 5.73 Å². The Hall–Kier alpha value is -3.19. The molecule has 154 valence electrons. The number of nitrogens with two attached hydrogens (primary N) is 1. The van der Waals surface area contributed by atoms with Crippen molar-refractivity contribution in [3.63, 3.8) is 0 Å². The van der Waals surface area contributed by atoms with Gasteiger partial charge in [-0.1, -0.05) is 60.7 Å². The van der Waals surface area contributed by atoms with E-state index in [9.17, 15) is 14.4 Å². The number of benzene rings is 2. The highest BCUT2D eigenvalue weighted by molar-refractivity contribution is 5.92. The van der Waals surface area contributed by atoms with Crippen LogP contribution in [0.2, 0.25) is 0 Å². The van der Waals surface area contributed by atoms with E-state index in [0.29, 0.717) is 6.42 Å². The Bertz CT molecular complexity index is 811. The molecule has 0 saturated carbocycles. The van der Waals surface area contributed by atoms with Crippen LogP contribution in [-0.4, -0.2) is 43.0 Å². The molecule has 0 unspecified atom stereocenters. The molecular weight excluding hydrogens is 370 g/mol. The molecular formula is C22H27N3O4. The van der Waals surface area contributed by atoms with Gasteiger partial charge >= 0.3 is 5.97 Å². The second-order valence-corrected chi connectivity index (χ2v) is 6.80. The van der Waals surface area contributed by atoms with Crippen molar-refractivity contribution >= 4 is 17.8 Å². The molecule has 0 aromatic heterocycles. The molecule has 2 rings (SSSR count). The number of hydrogen-bond donors (Lipinski definition) is 3. The number of ether oxygens (including phenoxy) is 1. The summed E-state index contributed by atoms with van der Waals surface area (Å²) in [5.41, 5.74) is 7.84. The normalized spacial score (nSPS) is 13.6. The minimum atomic E-state index is -0.876. The molecule has 2 aromatic rings. The van der Waals surface area contributed by atoms with Crippen LogP contribution in [0.3, 0.4) is 0 Å². The fourth-order valence-electron chi connectivity index (χ4n) is 2.85. The van der Waals surface area contributed by atoms with Gasteiger partial charge < -0.3 is 21.1 Å². The summed E-state index contributed by atoms with van der Waals surface area (Å²) in [7, 11) is 1.25. The first kappa shape index (κ1) is 22.1. The highest BCUT2D eigenvalue weighted by atomic mass is 16.5. The van der Waals surface area contributed by atoms with E-state index >= 15 is 0 Å². The van der Waals surface area contributed by atoms with E-state index < -0.39 is 35.9 Å². The Labute approximate surface area is 170 Å². The van der Waals surface area contributed by atoms with Gasteiger partial charge in [-0.25, -0.2) is 4.79 Å². The SMILES string of the molecule is COC(=O)[C@H](C)NC(=O)[C@H](Cc1ccccc1)NC(=O)[C@@H](N)Cc1ccccc1. The van der Waals surface area contributed by atoms with Gasteiger partial charge in [0.15, 0.2) is 0 Å². The highest BCUT2D eigenvalue weighted by Gasteiger charge is 2.27. The average molecular weight is 397 g/mol. The van der Waals surface area contributed by atoms with Crippen LogP contribution in [0.4, 0.5) is 0 Å². The minimum Gasteiger partial charge on any atom is -0.467 e. The van der Waals surface area contributed by atoms with E-state index in [1.807, 2.05) is 60.7 Å². The molecule has 3 atom stereocenters. The van der Waals surface area contributed by atoms with E-state index in [1.54, 1.807) is 0 Å². The van der Waals surface area contributed by atoms with E-state index in [-0.39, 0.29) is 6.42 Å². The molecule has 0 saturated heterocycles. The maximum atomic E-state index is 12.7. The zero-order valence-electron chi connectivity index (χ0n) is 16.6. The third-order valence-electron chi connectivity index (χ3n) is 4.46. The minimum absolute atomic E-state index is 0.268. The maximum Gasteiger partial charge on any atom is 0.328 e. The van der Waals surface area contributed by atoms with Crippen LogP contribution in [0.25, 0.3) is 0 Å². The van der Waals surface area contributed by atoms with Crippen molar-refractivity contribution in [3.05, 3.63) is 71.8 Å². The van der Waals surface area contributed by atoms with Crippen LogP contribution in [0.15, 0.2) is 60.7 Å². The van der Waals surface area contributed by atoms with E-state index in [1.165, 1.54) is 14.0 Å². The summed E-state index contributed by atoms with van der Waals surface area (Å²) in [6.45, 7) is 1.52. The first-order chi connectivity index (χ1) is 13.9. The van der Waals surface area contributed by atoms with Crippen LogP contribution >= 0.6 is 0 Å². The smallest absolute Gasteiger partial charge is 0.328 e. The third kappa shape index (κ3) is 7.04. The van der Waals surface area contributed by atoms with Crippen LogP contribution in [0.5, 0.6) is 0 Å². The topological polar surface area (TPSA) is 111 Å². The summed E-state index contributed by atoms with van der Waals surface area (Å²) in [6, 6.07) is 16.2. The van der Waals surface area contributed by atoms with Crippen molar-refractivity contribution in [3.8, 4) is 0 Å². The Balaban J connectivity index is 2.08. The Morgan fingerprint density at radius 2 is 1.38 bits per heavy atom. The van der Waals surface area contributed by atoms with Crippen LogP contribution in [0.1, 0.15) is 18.1 Å². The summed E-state index contributed by atoms with van der Waals surface area (Å²) in [6.07, 6.45) is 0.620. The zero-order valence-corrected chi connectivity index (χ0v) is 16.6. The summed E-state index contributed by atoms with van der Waals surface area (Å²) in [5.74, 6) is -1.48. The molecule has 2 aromatic carbocycles. The standard InChI is InChI=1S/C22H27N3O4/c1-15(22(28)29-2)24-21(27)19(14-17-11-7-4-8-12-17)25-20(26)18(23)13-16-9-5-3-6-10-16/h3-12,15,18-19H,13-14,23H2,1-2H3,(H,24,27)(H,25,26)/t15-,18-,19-/m0/s1. The van der Waals surface area contributed by atoms with Gasteiger partial charge in [-0.2, -0.15) is 0 Å². The molecule has 0 bridgehead atoms. The number of nitrogens with one attached hydrogen (secondary N) is 2. The number of esters is 1. The van der Waals surface area contributed by atoms with Crippen molar-refractivity contribution in [2.45, 2.75) is 37.9 Å². The summed E-state index contributed by atoms with van der Waals surface area (Å²) in [5, 5.41) is 5.30. The second-order valence-electron chi connectivity index (χ2n) is 6.80. The molecule has 29 heavy (non-hydrogen) atoms. The molecule has 0 fully saturated rings. The van der Waals surface area contributed by atoms with Gasteiger partial charge in [-0.05, 0) is 24.5 Å². The number of carbonyl (C=O) groups is 3. The molecule has 7 nitrogen and oxygen atoms in total. The number of methoxy groups -OCH3 is 1. The zero-order chi connectivity index (χ0) is 21.2. The van der Waals surface area contributed by atoms with Crippen molar-refractivity contribution in [2.75, 3.05) is 7.11 Å². The predicted molar refractivity (Wildman–Crippen MR) is 110 cm³/mol. The van der Waals surface area contributed by atoms with Gasteiger partial charge in [-0.3, -0.25) is 9.59 Å². The summed E-state index contributed by atoms with van der Waals surface area (Å²) < 4.78 is 4.64. The Morgan fingerprint density at radius 1 is 0.862 bits per heavy atom. The van der Waals surface area contributed by atoms with Crippen LogP contribution in [0, 0.1) is 0 Å². The molecule has 0 radical (unpaired) electrons. The van der Waals surface area contributed by atoms with Crippen molar-refractivity contribution < 1.29 is 19.1 Å². The van der Waals surface area contributed by atoms with Crippen LogP contribution < -0.4 is 16.4 Å². The van der Waals surface area contributed by atoms with Crippen molar-refractivity contribution in [1.29, 1.82) is 0 Å². The molecule has 4 N–H and O–H groups in total.